The number of tetrazole rings is 1. The Labute approximate surface area is 125 Å². The fourth-order valence-corrected chi connectivity index (χ4v) is 2.86. The van der Waals surface area contributed by atoms with Crippen molar-refractivity contribution in [3.05, 3.63) is 28.5 Å². The SMILES string of the molecule is CCCCn1nnnc1CSc1ccc(Br)cc1N. The maximum absolute atomic E-state index is 5.97. The van der Waals surface area contributed by atoms with Crippen LogP contribution in [0.25, 0.3) is 0 Å². The summed E-state index contributed by atoms with van der Waals surface area (Å²) < 4.78 is 2.85. The van der Waals surface area contributed by atoms with Crippen LogP contribution in [0.3, 0.4) is 0 Å². The Morgan fingerprint density at radius 1 is 1.42 bits per heavy atom. The van der Waals surface area contributed by atoms with Gasteiger partial charge in [0.05, 0.1) is 5.75 Å². The molecule has 0 aliphatic carbocycles. The summed E-state index contributed by atoms with van der Waals surface area (Å²) >= 11 is 5.05. The van der Waals surface area contributed by atoms with E-state index in [9.17, 15) is 0 Å². The first-order valence-corrected chi connectivity index (χ1v) is 7.91. The van der Waals surface area contributed by atoms with E-state index in [-0.39, 0.29) is 0 Å². The molecule has 0 saturated carbocycles. The van der Waals surface area contributed by atoms with Crippen LogP contribution >= 0.6 is 27.7 Å². The summed E-state index contributed by atoms with van der Waals surface area (Å²) in [4.78, 5) is 1.05. The van der Waals surface area contributed by atoms with Gasteiger partial charge >= 0.3 is 0 Å². The summed E-state index contributed by atoms with van der Waals surface area (Å²) in [6.07, 6.45) is 2.22. The molecule has 0 saturated heterocycles. The lowest BCUT2D eigenvalue weighted by Gasteiger charge is -2.06. The van der Waals surface area contributed by atoms with Crippen LogP contribution in [0.15, 0.2) is 27.6 Å². The average Bonchev–Trinajstić information content (AvgIpc) is 2.83. The van der Waals surface area contributed by atoms with Crippen LogP contribution < -0.4 is 5.73 Å². The summed E-state index contributed by atoms with van der Waals surface area (Å²) in [5.41, 5.74) is 6.74. The highest BCUT2D eigenvalue weighted by atomic mass is 79.9. The Hall–Kier alpha value is -1.08. The Morgan fingerprint density at radius 3 is 3.00 bits per heavy atom. The van der Waals surface area contributed by atoms with Crippen molar-refractivity contribution >= 4 is 33.4 Å². The molecule has 0 amide bonds. The van der Waals surface area contributed by atoms with E-state index in [0.717, 1.165) is 46.0 Å². The Balaban J connectivity index is 2.00. The molecule has 0 aliphatic heterocycles. The van der Waals surface area contributed by atoms with Gasteiger partial charge in [-0.15, -0.1) is 16.9 Å². The number of hydrogen-bond donors (Lipinski definition) is 1. The second-order valence-electron chi connectivity index (χ2n) is 4.14. The van der Waals surface area contributed by atoms with Crippen LogP contribution in [0.5, 0.6) is 0 Å². The molecule has 1 heterocycles. The molecule has 2 N–H and O–H groups in total. The third-order valence-electron chi connectivity index (χ3n) is 2.66. The quantitative estimate of drug-likeness (QED) is 0.645. The van der Waals surface area contributed by atoms with Crippen LogP contribution in [-0.2, 0) is 12.3 Å². The van der Waals surface area contributed by atoms with Crippen LogP contribution in [0.1, 0.15) is 25.6 Å². The van der Waals surface area contributed by atoms with Crippen molar-refractivity contribution in [2.45, 2.75) is 37.0 Å². The number of halogens is 1. The molecule has 1 aromatic heterocycles. The number of nitrogen functional groups attached to an aromatic ring is 1. The number of benzene rings is 1. The summed E-state index contributed by atoms with van der Waals surface area (Å²) in [6.45, 7) is 3.02. The average molecular weight is 342 g/mol. The molecule has 5 nitrogen and oxygen atoms in total. The lowest BCUT2D eigenvalue weighted by atomic mass is 10.3. The first kappa shape index (κ1) is 14.3. The van der Waals surface area contributed by atoms with Crippen molar-refractivity contribution < 1.29 is 0 Å². The summed E-state index contributed by atoms with van der Waals surface area (Å²) in [5, 5.41) is 11.8. The van der Waals surface area contributed by atoms with Gasteiger partial charge in [0.1, 0.15) is 0 Å². The van der Waals surface area contributed by atoms with Gasteiger partial charge in [-0.2, -0.15) is 0 Å². The number of aromatic nitrogens is 4. The monoisotopic (exact) mass is 341 g/mol. The minimum atomic E-state index is 0.725. The predicted molar refractivity (Wildman–Crippen MR) is 80.8 cm³/mol. The zero-order chi connectivity index (χ0) is 13.7. The highest BCUT2D eigenvalue weighted by molar-refractivity contribution is 9.10. The van der Waals surface area contributed by atoms with E-state index in [4.69, 9.17) is 5.73 Å². The van der Waals surface area contributed by atoms with E-state index in [2.05, 4.69) is 38.4 Å². The zero-order valence-electron chi connectivity index (χ0n) is 10.7. The van der Waals surface area contributed by atoms with Crippen LogP contribution in [-0.4, -0.2) is 20.2 Å². The molecular weight excluding hydrogens is 326 g/mol. The largest absolute Gasteiger partial charge is 0.398 e. The van der Waals surface area contributed by atoms with Crippen molar-refractivity contribution in [1.82, 2.24) is 20.2 Å². The Morgan fingerprint density at radius 2 is 2.26 bits per heavy atom. The minimum Gasteiger partial charge on any atom is -0.398 e. The first-order valence-electron chi connectivity index (χ1n) is 6.13. The Bertz CT molecular complexity index is 543. The maximum Gasteiger partial charge on any atom is 0.161 e. The normalized spacial score (nSPS) is 10.8. The number of anilines is 1. The van der Waals surface area contributed by atoms with E-state index in [1.54, 1.807) is 11.8 Å². The minimum absolute atomic E-state index is 0.725. The van der Waals surface area contributed by atoms with Crippen molar-refractivity contribution in [3.63, 3.8) is 0 Å². The number of thioether (sulfide) groups is 1. The number of hydrogen-bond acceptors (Lipinski definition) is 5. The number of unbranched alkanes of at least 4 members (excludes halogenated alkanes) is 1. The number of nitrogens with zero attached hydrogens (tertiary/aromatic N) is 4. The molecule has 2 aromatic rings. The van der Waals surface area contributed by atoms with Gasteiger partial charge < -0.3 is 5.73 Å². The molecule has 0 fully saturated rings. The van der Waals surface area contributed by atoms with Gasteiger partial charge in [-0.1, -0.05) is 29.3 Å². The Kier molecular flexibility index (Phi) is 5.21. The topological polar surface area (TPSA) is 69.6 Å². The van der Waals surface area contributed by atoms with Crippen LogP contribution in [0, 0.1) is 0 Å². The third-order valence-corrected chi connectivity index (χ3v) is 4.24. The standard InChI is InChI=1S/C12H16BrN5S/c1-2-3-6-18-12(15-16-17-18)8-19-11-5-4-9(13)7-10(11)14/h4-5,7H,2-3,6,8,14H2,1H3. The molecule has 0 radical (unpaired) electrons. The van der Waals surface area contributed by atoms with Gasteiger partial charge in [0.15, 0.2) is 5.82 Å². The van der Waals surface area contributed by atoms with Gasteiger partial charge in [0.25, 0.3) is 0 Å². The molecule has 1 aromatic carbocycles. The molecule has 0 spiro atoms. The highest BCUT2D eigenvalue weighted by Gasteiger charge is 2.08. The van der Waals surface area contributed by atoms with Crippen molar-refractivity contribution in [2.24, 2.45) is 0 Å². The second-order valence-corrected chi connectivity index (χ2v) is 6.08. The van der Waals surface area contributed by atoms with Gasteiger partial charge in [-0.05, 0) is 35.0 Å². The molecule has 0 atom stereocenters. The van der Waals surface area contributed by atoms with E-state index in [1.165, 1.54) is 0 Å². The van der Waals surface area contributed by atoms with E-state index in [1.807, 2.05) is 22.9 Å². The second kappa shape index (κ2) is 6.91. The van der Waals surface area contributed by atoms with E-state index in [0.29, 0.717) is 0 Å². The summed E-state index contributed by atoms with van der Waals surface area (Å²) in [5.74, 6) is 1.61. The van der Waals surface area contributed by atoms with Crippen molar-refractivity contribution in [3.8, 4) is 0 Å². The van der Waals surface area contributed by atoms with Crippen LogP contribution in [0.4, 0.5) is 5.69 Å². The van der Waals surface area contributed by atoms with Crippen molar-refractivity contribution in [2.75, 3.05) is 5.73 Å². The zero-order valence-corrected chi connectivity index (χ0v) is 13.1. The molecule has 0 unspecified atom stereocenters. The van der Waals surface area contributed by atoms with E-state index >= 15 is 0 Å². The summed E-state index contributed by atoms with van der Waals surface area (Å²) in [7, 11) is 0. The van der Waals surface area contributed by atoms with Gasteiger partial charge in [-0.25, -0.2) is 4.68 Å². The lowest BCUT2D eigenvalue weighted by Crippen LogP contribution is -2.05. The predicted octanol–water partition coefficient (Wildman–Crippen LogP) is 3.11. The molecule has 102 valence electrons. The molecular formula is C12H16BrN5S. The molecule has 0 bridgehead atoms. The molecule has 0 aliphatic rings. The van der Waals surface area contributed by atoms with Gasteiger partial charge in [-0.3, -0.25) is 0 Å². The highest BCUT2D eigenvalue weighted by Crippen LogP contribution is 2.29. The maximum atomic E-state index is 5.97. The van der Waals surface area contributed by atoms with Gasteiger partial charge in [0.2, 0.25) is 0 Å². The molecule has 2 rings (SSSR count). The lowest BCUT2D eigenvalue weighted by molar-refractivity contribution is 0.540. The number of rotatable bonds is 6. The van der Waals surface area contributed by atoms with E-state index < -0.39 is 0 Å². The van der Waals surface area contributed by atoms with Gasteiger partial charge in [0, 0.05) is 21.6 Å². The fourth-order valence-electron chi connectivity index (χ4n) is 1.60. The third kappa shape index (κ3) is 3.94. The number of nitrogens with two attached hydrogens (primary N) is 1. The number of aryl methyl sites for hydroxylation is 1. The first-order chi connectivity index (χ1) is 9.20. The smallest absolute Gasteiger partial charge is 0.161 e. The molecule has 19 heavy (non-hydrogen) atoms. The fraction of sp³-hybridized carbons (Fsp3) is 0.417. The molecule has 7 heteroatoms. The van der Waals surface area contributed by atoms with Crippen molar-refractivity contribution in [1.29, 1.82) is 0 Å². The van der Waals surface area contributed by atoms with Crippen LogP contribution in [0.2, 0.25) is 0 Å². The summed E-state index contributed by atoms with van der Waals surface area (Å²) in [6, 6.07) is 5.89.